The molecule has 1 spiro atoms. The van der Waals surface area contributed by atoms with Crippen molar-refractivity contribution in [3.8, 4) is 5.75 Å². The van der Waals surface area contributed by atoms with Crippen molar-refractivity contribution in [2.75, 3.05) is 25.1 Å². The molecular weight excluding hydrogens is 432 g/mol. The van der Waals surface area contributed by atoms with Gasteiger partial charge < -0.3 is 25.0 Å². The maximum Gasteiger partial charge on any atom is 0.341 e. The standard InChI is InChI=1S/C20H21F2N3O4.2C2H6/c1-29-18-15-9(17(26)10(19(27)28)6-25(15)13-5-11(13)21)4-12(22)16(18)24-7-14(23)20(8-24)2-3-20;2*1-2/h4,6,11,13-14H,2-3,5,7-8,23H2,1H3,(H,27,28);2*1-2H3. The molecule has 3 N–H and O–H groups in total. The van der Waals surface area contributed by atoms with Crippen molar-refractivity contribution in [2.24, 2.45) is 11.1 Å². The van der Waals surface area contributed by atoms with Crippen LogP contribution >= 0.6 is 0 Å². The average molecular weight is 466 g/mol. The number of pyridine rings is 1. The molecule has 33 heavy (non-hydrogen) atoms. The normalized spacial score (nSPS) is 24.0. The number of alkyl halides is 1. The Morgan fingerprint density at radius 1 is 1.27 bits per heavy atom. The molecule has 7 nitrogen and oxygen atoms in total. The van der Waals surface area contributed by atoms with E-state index in [1.54, 1.807) is 0 Å². The van der Waals surface area contributed by atoms with Crippen LogP contribution in [0.5, 0.6) is 5.75 Å². The lowest BCUT2D eigenvalue weighted by molar-refractivity contribution is 0.0694. The summed E-state index contributed by atoms with van der Waals surface area (Å²) in [6.45, 7) is 9.03. The third-order valence-corrected chi connectivity index (χ3v) is 6.59. The van der Waals surface area contributed by atoms with Gasteiger partial charge in [0.25, 0.3) is 0 Å². The number of nitrogens with two attached hydrogens (primary N) is 1. The highest BCUT2D eigenvalue weighted by Crippen LogP contribution is 2.54. The molecule has 3 fully saturated rings. The summed E-state index contributed by atoms with van der Waals surface area (Å²) < 4.78 is 36.1. The summed E-state index contributed by atoms with van der Waals surface area (Å²) in [5, 5.41) is 9.25. The Kier molecular flexibility index (Phi) is 7.02. The zero-order chi connectivity index (χ0) is 24.7. The lowest BCUT2D eigenvalue weighted by Crippen LogP contribution is -2.30. The van der Waals surface area contributed by atoms with E-state index in [0.717, 1.165) is 25.1 Å². The maximum absolute atomic E-state index is 15.2. The molecule has 1 aliphatic heterocycles. The Morgan fingerprint density at radius 3 is 2.33 bits per heavy atom. The number of hydrogen-bond donors (Lipinski definition) is 2. The molecule has 0 amide bonds. The largest absolute Gasteiger partial charge is 0.492 e. The molecule has 2 saturated carbocycles. The van der Waals surface area contributed by atoms with Crippen LogP contribution in [-0.2, 0) is 0 Å². The molecule has 0 radical (unpaired) electrons. The zero-order valence-electron chi connectivity index (χ0n) is 19.8. The lowest BCUT2D eigenvalue weighted by Gasteiger charge is -2.24. The van der Waals surface area contributed by atoms with Gasteiger partial charge in [0.15, 0.2) is 11.6 Å². The highest BCUT2D eigenvalue weighted by atomic mass is 19.1. The van der Waals surface area contributed by atoms with Gasteiger partial charge in [-0.3, -0.25) is 4.79 Å². The van der Waals surface area contributed by atoms with Gasteiger partial charge in [0, 0.05) is 37.2 Å². The van der Waals surface area contributed by atoms with Gasteiger partial charge in [-0.05, 0) is 18.9 Å². The number of carboxylic acids is 1. The third kappa shape index (κ3) is 4.07. The number of hydrogen-bond acceptors (Lipinski definition) is 5. The van der Waals surface area contributed by atoms with E-state index >= 15 is 4.39 Å². The van der Waals surface area contributed by atoms with Gasteiger partial charge in [-0.1, -0.05) is 27.7 Å². The fourth-order valence-corrected chi connectivity index (χ4v) is 4.64. The minimum absolute atomic E-state index is 0.0141. The molecule has 0 bridgehead atoms. The first-order valence-corrected chi connectivity index (χ1v) is 11.6. The molecule has 3 aliphatic rings. The first-order chi connectivity index (χ1) is 15.8. The maximum atomic E-state index is 15.2. The van der Waals surface area contributed by atoms with Crippen LogP contribution in [0.4, 0.5) is 14.5 Å². The quantitative estimate of drug-likeness (QED) is 0.705. The number of aromatic nitrogens is 1. The molecule has 3 atom stereocenters. The van der Waals surface area contributed by atoms with Crippen LogP contribution in [-0.4, -0.2) is 48.1 Å². The second-order valence-corrected chi connectivity index (χ2v) is 8.39. The highest BCUT2D eigenvalue weighted by Gasteiger charge is 2.54. The summed E-state index contributed by atoms with van der Waals surface area (Å²) >= 11 is 0. The van der Waals surface area contributed by atoms with Gasteiger partial charge >= 0.3 is 5.97 Å². The zero-order valence-corrected chi connectivity index (χ0v) is 19.8. The molecular formula is C24H33F2N3O4. The number of benzene rings is 1. The van der Waals surface area contributed by atoms with Gasteiger partial charge in [0.2, 0.25) is 5.43 Å². The Balaban J connectivity index is 0.000000728. The summed E-state index contributed by atoms with van der Waals surface area (Å²) in [6.07, 6.45) is 2.15. The molecule has 1 aromatic heterocycles. The topological polar surface area (TPSA) is 97.8 Å². The molecule has 3 unspecified atom stereocenters. The minimum atomic E-state index is -1.44. The van der Waals surface area contributed by atoms with E-state index in [2.05, 4.69) is 0 Å². The van der Waals surface area contributed by atoms with Crippen LogP contribution in [0.15, 0.2) is 17.1 Å². The number of ether oxygens (including phenoxy) is 1. The summed E-state index contributed by atoms with van der Waals surface area (Å²) in [4.78, 5) is 26.1. The number of halogens is 2. The molecule has 2 aromatic rings. The summed E-state index contributed by atoms with van der Waals surface area (Å²) in [6, 6.07) is 0.342. The highest BCUT2D eigenvalue weighted by molar-refractivity contribution is 5.97. The van der Waals surface area contributed by atoms with Crippen molar-refractivity contribution in [1.29, 1.82) is 0 Å². The van der Waals surface area contributed by atoms with Crippen molar-refractivity contribution in [3.05, 3.63) is 33.9 Å². The Labute approximate surface area is 192 Å². The molecule has 2 aliphatic carbocycles. The van der Waals surface area contributed by atoms with Crippen molar-refractivity contribution in [1.82, 2.24) is 4.57 Å². The van der Waals surface area contributed by atoms with Crippen LogP contribution in [0.1, 0.15) is 63.4 Å². The van der Waals surface area contributed by atoms with Crippen LogP contribution in [0.25, 0.3) is 10.9 Å². The first kappa shape index (κ1) is 25.0. The summed E-state index contributed by atoms with van der Waals surface area (Å²) in [5.41, 5.74) is 5.31. The predicted octanol–water partition coefficient (Wildman–Crippen LogP) is 4.11. The first-order valence-electron chi connectivity index (χ1n) is 11.6. The van der Waals surface area contributed by atoms with Gasteiger partial charge in [-0.15, -0.1) is 0 Å². The van der Waals surface area contributed by atoms with E-state index < -0.39 is 35.0 Å². The molecule has 9 heteroatoms. The Bertz CT molecular complexity index is 1110. The number of anilines is 1. The van der Waals surface area contributed by atoms with Crippen molar-refractivity contribution >= 4 is 22.6 Å². The lowest BCUT2D eigenvalue weighted by atomic mass is 10.0. The monoisotopic (exact) mass is 465 g/mol. The average Bonchev–Trinajstić information content (AvgIpc) is 3.71. The Hall–Kier alpha value is -2.68. The van der Waals surface area contributed by atoms with Crippen LogP contribution in [0.2, 0.25) is 0 Å². The van der Waals surface area contributed by atoms with Gasteiger partial charge in [-0.2, -0.15) is 0 Å². The number of rotatable bonds is 4. The van der Waals surface area contributed by atoms with E-state index in [1.807, 2.05) is 32.6 Å². The number of fused-ring (bicyclic) bond motifs is 1. The smallest absolute Gasteiger partial charge is 0.341 e. The molecule has 5 rings (SSSR count). The predicted molar refractivity (Wildman–Crippen MR) is 125 cm³/mol. The van der Waals surface area contributed by atoms with Crippen LogP contribution in [0.3, 0.4) is 0 Å². The van der Waals surface area contributed by atoms with Gasteiger partial charge in [-0.25, -0.2) is 13.6 Å². The second kappa shape index (κ2) is 9.29. The van der Waals surface area contributed by atoms with E-state index in [9.17, 15) is 19.1 Å². The SMILES string of the molecule is CC.CC.COc1c(N2CC(N)C3(CC3)C2)c(F)cc2c(=O)c(C(=O)O)cn(C3CC3F)c12. The molecule has 2 heterocycles. The number of carbonyl (C=O) groups is 1. The van der Waals surface area contributed by atoms with E-state index in [-0.39, 0.29) is 40.2 Å². The molecule has 182 valence electrons. The van der Waals surface area contributed by atoms with E-state index in [1.165, 1.54) is 11.7 Å². The van der Waals surface area contributed by atoms with E-state index in [4.69, 9.17) is 10.5 Å². The van der Waals surface area contributed by atoms with Crippen LogP contribution < -0.4 is 20.8 Å². The fourth-order valence-electron chi connectivity index (χ4n) is 4.64. The molecule has 1 aromatic carbocycles. The van der Waals surface area contributed by atoms with Crippen molar-refractivity contribution in [2.45, 2.75) is 65.2 Å². The second-order valence-electron chi connectivity index (χ2n) is 8.39. The number of methoxy groups -OCH3 is 1. The number of aromatic carboxylic acids is 1. The van der Waals surface area contributed by atoms with Crippen molar-refractivity contribution in [3.63, 3.8) is 0 Å². The number of nitrogens with zero attached hydrogens (tertiary/aromatic N) is 2. The van der Waals surface area contributed by atoms with Crippen LogP contribution in [0, 0.1) is 11.2 Å². The summed E-state index contributed by atoms with van der Waals surface area (Å²) in [5.74, 6) is -2.01. The van der Waals surface area contributed by atoms with Gasteiger partial charge in [0.05, 0.1) is 24.1 Å². The summed E-state index contributed by atoms with van der Waals surface area (Å²) in [7, 11) is 1.36. The van der Waals surface area contributed by atoms with Gasteiger partial charge in [0.1, 0.15) is 17.4 Å². The fraction of sp³-hybridized carbons (Fsp3) is 0.583. The van der Waals surface area contributed by atoms with E-state index in [0.29, 0.717) is 13.1 Å². The minimum Gasteiger partial charge on any atom is -0.492 e. The Morgan fingerprint density at radius 2 is 1.88 bits per heavy atom. The number of carboxylic acid groups (broad SMARTS) is 1. The van der Waals surface area contributed by atoms with Crippen molar-refractivity contribution < 1.29 is 23.4 Å². The third-order valence-electron chi connectivity index (χ3n) is 6.59. The molecule has 1 saturated heterocycles.